The molecular weight excluding hydrogens is 378 g/mol. The Morgan fingerprint density at radius 2 is 1.71 bits per heavy atom. The lowest BCUT2D eigenvalue weighted by Gasteiger charge is -2.32. The van der Waals surface area contributed by atoms with Gasteiger partial charge in [0.15, 0.2) is 6.61 Å². The lowest BCUT2D eigenvalue weighted by atomic mass is 9.80. The third-order valence-corrected chi connectivity index (χ3v) is 7.36. The van der Waals surface area contributed by atoms with Gasteiger partial charge in [0.25, 0.3) is 0 Å². The first-order valence-corrected chi connectivity index (χ1v) is 10.9. The zero-order chi connectivity index (χ0) is 19.7. The zero-order valence-corrected chi connectivity index (χ0v) is 16.1. The number of nitrogens with one attached hydrogen (secondary N) is 1. The molecular formula is C21H23NO5S. The second-order valence-electron chi connectivity index (χ2n) is 7.57. The van der Waals surface area contributed by atoms with Crippen molar-refractivity contribution in [3.63, 3.8) is 0 Å². The molecule has 0 aromatic heterocycles. The van der Waals surface area contributed by atoms with E-state index >= 15 is 0 Å². The van der Waals surface area contributed by atoms with Gasteiger partial charge in [-0.1, -0.05) is 30.3 Å². The molecule has 0 amide bonds. The Hall–Kier alpha value is -2.38. The Labute approximate surface area is 164 Å². The Balaban J connectivity index is 1.55. The van der Waals surface area contributed by atoms with Crippen LogP contribution in [0.1, 0.15) is 30.7 Å². The standard InChI is InChI=1S/C21H23NO5S/c23-19(24)13-27-17-10-8-14(9-11-17)20-15-6-7-16(12-15)21(20)22-28(25,26)18-4-2-1-3-5-18/h1-5,8-11,15-16,20-22H,6-7,12-13H2,(H,23,24). The topological polar surface area (TPSA) is 92.7 Å². The third-order valence-electron chi connectivity index (χ3n) is 5.89. The number of carboxylic acids is 1. The first kappa shape index (κ1) is 19.0. The summed E-state index contributed by atoms with van der Waals surface area (Å²) in [6.07, 6.45) is 3.18. The van der Waals surface area contributed by atoms with Gasteiger partial charge in [-0.25, -0.2) is 17.9 Å². The van der Waals surface area contributed by atoms with Crippen molar-refractivity contribution in [2.75, 3.05) is 6.61 Å². The Morgan fingerprint density at radius 1 is 1.04 bits per heavy atom. The lowest BCUT2D eigenvalue weighted by Crippen LogP contribution is -2.42. The van der Waals surface area contributed by atoms with Crippen LogP contribution in [0.2, 0.25) is 0 Å². The van der Waals surface area contributed by atoms with Gasteiger partial charge in [0.1, 0.15) is 5.75 Å². The summed E-state index contributed by atoms with van der Waals surface area (Å²) in [4.78, 5) is 10.9. The van der Waals surface area contributed by atoms with E-state index in [1.807, 2.05) is 12.1 Å². The van der Waals surface area contributed by atoms with Crippen LogP contribution in [-0.2, 0) is 14.8 Å². The van der Waals surface area contributed by atoms with E-state index in [1.165, 1.54) is 0 Å². The number of benzene rings is 2. The average Bonchev–Trinajstić information content (AvgIpc) is 3.29. The molecule has 2 fully saturated rings. The Morgan fingerprint density at radius 3 is 2.39 bits per heavy atom. The fourth-order valence-corrected chi connectivity index (χ4v) is 6.07. The summed E-state index contributed by atoms with van der Waals surface area (Å²) in [7, 11) is -3.57. The molecule has 4 rings (SSSR count). The minimum atomic E-state index is -3.57. The van der Waals surface area contributed by atoms with E-state index in [1.54, 1.807) is 42.5 Å². The maximum atomic E-state index is 12.9. The SMILES string of the molecule is O=C(O)COc1ccc(C2C3CCC(C3)C2NS(=O)(=O)c2ccccc2)cc1. The van der Waals surface area contributed by atoms with Gasteiger partial charge < -0.3 is 9.84 Å². The van der Waals surface area contributed by atoms with Crippen LogP contribution in [0.15, 0.2) is 59.5 Å². The van der Waals surface area contributed by atoms with Crippen LogP contribution in [0.3, 0.4) is 0 Å². The van der Waals surface area contributed by atoms with Crippen LogP contribution in [-0.4, -0.2) is 32.1 Å². The number of carboxylic acid groups (broad SMARTS) is 1. The number of hydrogen-bond acceptors (Lipinski definition) is 4. The normalized spacial score (nSPS) is 26.3. The van der Waals surface area contributed by atoms with Gasteiger partial charge >= 0.3 is 5.97 Å². The molecule has 28 heavy (non-hydrogen) atoms. The molecule has 6 nitrogen and oxygen atoms in total. The number of fused-ring (bicyclic) bond motifs is 2. The van der Waals surface area contributed by atoms with Crippen LogP contribution in [0.25, 0.3) is 0 Å². The number of hydrogen-bond donors (Lipinski definition) is 2. The highest BCUT2D eigenvalue weighted by molar-refractivity contribution is 7.89. The predicted octanol–water partition coefficient (Wildman–Crippen LogP) is 3.01. The van der Waals surface area contributed by atoms with E-state index in [-0.39, 0.29) is 23.5 Å². The molecule has 4 unspecified atom stereocenters. The summed E-state index contributed by atoms with van der Waals surface area (Å²) < 4.78 is 33.9. The van der Waals surface area contributed by atoms with Crippen molar-refractivity contribution in [2.24, 2.45) is 11.8 Å². The maximum absolute atomic E-state index is 12.9. The van der Waals surface area contributed by atoms with Crippen molar-refractivity contribution in [1.82, 2.24) is 4.72 Å². The van der Waals surface area contributed by atoms with E-state index in [4.69, 9.17) is 9.84 Å². The number of rotatable bonds is 7. The fraction of sp³-hybridized carbons (Fsp3) is 0.381. The van der Waals surface area contributed by atoms with E-state index in [0.717, 1.165) is 24.8 Å². The zero-order valence-electron chi connectivity index (χ0n) is 15.3. The molecule has 2 aliphatic carbocycles. The van der Waals surface area contributed by atoms with Crippen LogP contribution >= 0.6 is 0 Å². The minimum Gasteiger partial charge on any atom is -0.482 e. The van der Waals surface area contributed by atoms with Crippen LogP contribution in [0, 0.1) is 11.8 Å². The van der Waals surface area contributed by atoms with Crippen LogP contribution in [0.5, 0.6) is 5.75 Å². The van der Waals surface area contributed by atoms with Gasteiger partial charge in [-0.15, -0.1) is 0 Å². The molecule has 7 heteroatoms. The summed E-state index contributed by atoms with van der Waals surface area (Å²) >= 11 is 0. The molecule has 2 bridgehead atoms. The molecule has 2 N–H and O–H groups in total. The molecule has 0 spiro atoms. The van der Waals surface area contributed by atoms with Gasteiger partial charge in [0.2, 0.25) is 10.0 Å². The highest BCUT2D eigenvalue weighted by Crippen LogP contribution is 2.53. The smallest absolute Gasteiger partial charge is 0.341 e. The van der Waals surface area contributed by atoms with Crippen molar-refractivity contribution < 1.29 is 23.1 Å². The summed E-state index contributed by atoms with van der Waals surface area (Å²) in [5, 5.41) is 8.72. The molecule has 0 radical (unpaired) electrons. The van der Waals surface area contributed by atoms with Crippen molar-refractivity contribution in [1.29, 1.82) is 0 Å². The molecule has 2 aliphatic rings. The number of ether oxygens (including phenoxy) is 1. The first-order chi connectivity index (χ1) is 13.4. The van der Waals surface area contributed by atoms with Gasteiger partial charge in [0, 0.05) is 12.0 Å². The molecule has 0 aliphatic heterocycles. The first-order valence-electron chi connectivity index (χ1n) is 9.46. The summed E-state index contributed by atoms with van der Waals surface area (Å²) in [6.45, 7) is -0.382. The minimum absolute atomic E-state index is 0.116. The molecule has 2 aromatic rings. The van der Waals surface area contributed by atoms with Crippen molar-refractivity contribution >= 4 is 16.0 Å². The second kappa shape index (κ2) is 7.56. The van der Waals surface area contributed by atoms with Crippen molar-refractivity contribution in [3.05, 3.63) is 60.2 Å². The third kappa shape index (κ3) is 3.77. The Kier molecular flexibility index (Phi) is 5.12. The fourth-order valence-electron chi connectivity index (χ4n) is 4.72. The number of aliphatic carboxylic acids is 1. The monoisotopic (exact) mass is 401 g/mol. The van der Waals surface area contributed by atoms with E-state index in [2.05, 4.69) is 4.72 Å². The molecule has 148 valence electrons. The molecule has 2 saturated carbocycles. The van der Waals surface area contributed by atoms with Gasteiger partial charge in [0.05, 0.1) is 4.90 Å². The molecule has 2 aromatic carbocycles. The Bertz CT molecular complexity index is 943. The molecule has 0 heterocycles. The number of carbonyl (C=O) groups is 1. The van der Waals surface area contributed by atoms with Gasteiger partial charge in [-0.2, -0.15) is 0 Å². The number of sulfonamides is 1. The summed E-state index contributed by atoms with van der Waals surface area (Å²) in [6, 6.07) is 15.7. The van der Waals surface area contributed by atoms with E-state index in [9.17, 15) is 13.2 Å². The highest BCUT2D eigenvalue weighted by atomic mass is 32.2. The van der Waals surface area contributed by atoms with Crippen LogP contribution in [0.4, 0.5) is 0 Å². The van der Waals surface area contributed by atoms with Gasteiger partial charge in [-0.05, 0) is 60.9 Å². The van der Waals surface area contributed by atoms with Crippen molar-refractivity contribution in [2.45, 2.75) is 36.1 Å². The van der Waals surface area contributed by atoms with Crippen molar-refractivity contribution in [3.8, 4) is 5.75 Å². The summed E-state index contributed by atoms with van der Waals surface area (Å²) in [5.41, 5.74) is 1.07. The molecule has 4 atom stereocenters. The highest BCUT2D eigenvalue weighted by Gasteiger charge is 2.49. The predicted molar refractivity (Wildman–Crippen MR) is 104 cm³/mol. The van der Waals surface area contributed by atoms with E-state index < -0.39 is 16.0 Å². The molecule has 0 saturated heterocycles. The second-order valence-corrected chi connectivity index (χ2v) is 9.28. The largest absolute Gasteiger partial charge is 0.482 e. The quantitative estimate of drug-likeness (QED) is 0.744. The van der Waals surface area contributed by atoms with Crippen LogP contribution < -0.4 is 9.46 Å². The lowest BCUT2D eigenvalue weighted by molar-refractivity contribution is -0.139. The summed E-state index contributed by atoms with van der Waals surface area (Å²) in [5.74, 6) is 0.393. The maximum Gasteiger partial charge on any atom is 0.341 e. The van der Waals surface area contributed by atoms with Gasteiger partial charge in [-0.3, -0.25) is 0 Å². The van der Waals surface area contributed by atoms with E-state index in [0.29, 0.717) is 17.6 Å². The average molecular weight is 401 g/mol.